The molecule has 2 heterocycles. The number of hydrogen-bond donors (Lipinski definition) is 2. The number of halogens is 5. The summed E-state index contributed by atoms with van der Waals surface area (Å²) < 4.78 is 97.6. The summed E-state index contributed by atoms with van der Waals surface area (Å²) >= 11 is 0. The summed E-state index contributed by atoms with van der Waals surface area (Å²) in [6.45, 7) is 0. The number of alkyl halides is 5. The summed E-state index contributed by atoms with van der Waals surface area (Å²) in [6.07, 6.45) is -8.77. The van der Waals surface area contributed by atoms with Crippen molar-refractivity contribution in [3.8, 4) is 0 Å². The van der Waals surface area contributed by atoms with Crippen LogP contribution in [0.3, 0.4) is 0 Å². The van der Waals surface area contributed by atoms with Crippen LogP contribution in [0.1, 0.15) is 10.5 Å². The quantitative estimate of drug-likeness (QED) is 0.457. The molecule has 0 fully saturated rings. The lowest BCUT2D eigenvalue weighted by molar-refractivity contribution is -0.248. The molecule has 0 bridgehead atoms. The zero-order valence-corrected chi connectivity index (χ0v) is 11.8. The number of hydrogen-bond acceptors (Lipinski definition) is 7. The van der Waals surface area contributed by atoms with Crippen molar-refractivity contribution >= 4 is 27.3 Å². The van der Waals surface area contributed by atoms with E-state index in [4.69, 9.17) is 4.55 Å². The molecular weight excluding hydrogens is 371 g/mol. The average molecular weight is 376 g/mol. The summed E-state index contributed by atoms with van der Waals surface area (Å²) in [5.74, 6) is -2.03. The van der Waals surface area contributed by atoms with Crippen LogP contribution in [0.5, 0.6) is 0 Å². The van der Waals surface area contributed by atoms with Crippen LogP contribution >= 0.6 is 0 Å². The minimum atomic E-state index is -6.53. The number of rotatable bonds is 4. The second-order valence-electron chi connectivity index (χ2n) is 4.19. The standard InChI is InChI=1S/C9H5F5N4O5S/c10-8(11,12)7(9(13,14)24(20,21)22)23-6(19)4-3-5(17-1-15-3)18-2-16-4/h1-2,7H,(H,20,21,22)(H,15,16,17,18). The lowest BCUT2D eigenvalue weighted by Crippen LogP contribution is -2.52. The Bertz CT molecular complexity index is 880. The van der Waals surface area contributed by atoms with Gasteiger partial charge in [0, 0.05) is 0 Å². The Labute approximate surface area is 128 Å². The van der Waals surface area contributed by atoms with Crippen LogP contribution in [0, 0.1) is 0 Å². The third kappa shape index (κ3) is 3.12. The van der Waals surface area contributed by atoms with Crippen molar-refractivity contribution in [1.82, 2.24) is 19.9 Å². The molecule has 0 saturated carbocycles. The molecule has 0 saturated heterocycles. The van der Waals surface area contributed by atoms with E-state index in [1.807, 2.05) is 0 Å². The van der Waals surface area contributed by atoms with Crippen molar-refractivity contribution < 1.29 is 44.5 Å². The molecule has 132 valence electrons. The summed E-state index contributed by atoms with van der Waals surface area (Å²) in [5.41, 5.74) is -1.39. The number of carbonyl (C=O) groups is 1. The van der Waals surface area contributed by atoms with Crippen LogP contribution in [0.25, 0.3) is 11.2 Å². The van der Waals surface area contributed by atoms with Crippen molar-refractivity contribution in [2.75, 3.05) is 0 Å². The van der Waals surface area contributed by atoms with Gasteiger partial charge in [-0.1, -0.05) is 0 Å². The van der Waals surface area contributed by atoms with E-state index in [0.29, 0.717) is 6.33 Å². The summed E-state index contributed by atoms with van der Waals surface area (Å²) in [6, 6.07) is 0. The van der Waals surface area contributed by atoms with E-state index < -0.39 is 39.3 Å². The zero-order valence-electron chi connectivity index (χ0n) is 11.0. The van der Waals surface area contributed by atoms with Crippen LogP contribution in [0.2, 0.25) is 0 Å². The van der Waals surface area contributed by atoms with Gasteiger partial charge in [-0.15, -0.1) is 0 Å². The van der Waals surface area contributed by atoms with E-state index >= 15 is 0 Å². The van der Waals surface area contributed by atoms with Crippen LogP contribution in [-0.2, 0) is 14.9 Å². The van der Waals surface area contributed by atoms with E-state index in [1.165, 1.54) is 0 Å². The Morgan fingerprint density at radius 3 is 2.38 bits per heavy atom. The first-order valence-electron chi connectivity index (χ1n) is 5.62. The van der Waals surface area contributed by atoms with Gasteiger partial charge in [-0.3, -0.25) is 4.55 Å². The Morgan fingerprint density at radius 2 is 1.83 bits per heavy atom. The van der Waals surface area contributed by atoms with Crippen molar-refractivity contribution in [1.29, 1.82) is 0 Å². The van der Waals surface area contributed by atoms with Gasteiger partial charge < -0.3 is 9.72 Å². The maximum Gasteiger partial charge on any atom is 0.432 e. The second-order valence-corrected chi connectivity index (χ2v) is 5.68. The fourth-order valence-electron chi connectivity index (χ4n) is 1.54. The van der Waals surface area contributed by atoms with Gasteiger partial charge in [0.2, 0.25) is 0 Å². The molecule has 2 aromatic heterocycles. The van der Waals surface area contributed by atoms with Gasteiger partial charge in [-0.2, -0.15) is 30.4 Å². The Kier molecular flexibility index (Phi) is 4.17. The predicted octanol–water partition coefficient (Wildman–Crippen LogP) is 0.921. The first-order chi connectivity index (χ1) is 10.9. The highest BCUT2D eigenvalue weighted by Gasteiger charge is 2.66. The highest BCUT2D eigenvalue weighted by Crippen LogP contribution is 2.38. The van der Waals surface area contributed by atoms with E-state index in [2.05, 4.69) is 24.7 Å². The molecule has 2 rings (SSSR count). The number of ether oxygens (including phenoxy) is 1. The Hall–Kier alpha value is -2.42. The molecule has 0 aliphatic heterocycles. The fraction of sp³-hybridized carbons (Fsp3) is 0.333. The van der Waals surface area contributed by atoms with Gasteiger partial charge in [0.15, 0.2) is 11.3 Å². The van der Waals surface area contributed by atoms with E-state index in [1.54, 1.807) is 0 Å². The first-order valence-corrected chi connectivity index (χ1v) is 7.06. The topological polar surface area (TPSA) is 135 Å². The number of carbonyl (C=O) groups excluding carboxylic acids is 1. The lowest BCUT2D eigenvalue weighted by Gasteiger charge is -2.25. The van der Waals surface area contributed by atoms with Crippen LogP contribution in [0.15, 0.2) is 12.7 Å². The molecule has 15 heteroatoms. The Morgan fingerprint density at radius 1 is 1.21 bits per heavy atom. The molecule has 9 nitrogen and oxygen atoms in total. The highest BCUT2D eigenvalue weighted by atomic mass is 32.2. The second kappa shape index (κ2) is 5.59. The smallest absolute Gasteiger partial charge is 0.432 e. The van der Waals surface area contributed by atoms with E-state index in [-0.39, 0.29) is 11.2 Å². The lowest BCUT2D eigenvalue weighted by atomic mass is 10.3. The van der Waals surface area contributed by atoms with Gasteiger partial charge in [0.25, 0.3) is 6.10 Å². The van der Waals surface area contributed by atoms with Crippen LogP contribution in [0.4, 0.5) is 22.0 Å². The molecule has 0 aromatic carbocycles. The predicted molar refractivity (Wildman–Crippen MR) is 63.4 cm³/mol. The maximum atomic E-state index is 13.3. The molecule has 1 atom stereocenters. The number of H-pyrrole nitrogens is 1. The van der Waals surface area contributed by atoms with Crippen LogP contribution in [-0.4, -0.2) is 56.4 Å². The molecule has 0 aliphatic carbocycles. The number of nitrogens with one attached hydrogen (secondary N) is 1. The molecule has 2 aromatic rings. The zero-order chi connectivity index (χ0) is 18.3. The van der Waals surface area contributed by atoms with E-state index in [0.717, 1.165) is 6.33 Å². The van der Waals surface area contributed by atoms with Crippen molar-refractivity contribution in [2.24, 2.45) is 0 Å². The third-order valence-corrected chi connectivity index (χ3v) is 3.49. The molecule has 1 unspecified atom stereocenters. The fourth-order valence-corrected chi connectivity index (χ4v) is 2.00. The monoisotopic (exact) mass is 376 g/mol. The van der Waals surface area contributed by atoms with E-state index in [9.17, 15) is 35.2 Å². The summed E-state index contributed by atoms with van der Waals surface area (Å²) in [5, 5.41) is -5.83. The Balaban J connectivity index is 2.44. The molecular formula is C9H5F5N4O5S. The minimum absolute atomic E-state index is 0.179. The van der Waals surface area contributed by atoms with Gasteiger partial charge in [-0.25, -0.2) is 19.7 Å². The minimum Gasteiger partial charge on any atom is -0.440 e. The summed E-state index contributed by atoms with van der Waals surface area (Å²) in [4.78, 5) is 24.4. The maximum absolute atomic E-state index is 13.3. The molecule has 0 amide bonds. The van der Waals surface area contributed by atoms with Crippen molar-refractivity contribution in [3.63, 3.8) is 0 Å². The molecule has 24 heavy (non-hydrogen) atoms. The number of nitrogens with zero attached hydrogens (tertiary/aromatic N) is 3. The molecule has 2 N–H and O–H groups in total. The average Bonchev–Trinajstić information content (AvgIpc) is 2.89. The number of aromatic amines is 1. The van der Waals surface area contributed by atoms with Crippen molar-refractivity contribution in [3.05, 3.63) is 18.3 Å². The van der Waals surface area contributed by atoms with Gasteiger partial charge in [-0.05, 0) is 0 Å². The largest absolute Gasteiger partial charge is 0.440 e. The van der Waals surface area contributed by atoms with Gasteiger partial charge >= 0.3 is 27.5 Å². The summed E-state index contributed by atoms with van der Waals surface area (Å²) in [7, 11) is -6.53. The number of aromatic nitrogens is 4. The van der Waals surface area contributed by atoms with Gasteiger partial charge in [0.1, 0.15) is 11.8 Å². The van der Waals surface area contributed by atoms with Crippen molar-refractivity contribution in [2.45, 2.75) is 17.5 Å². The molecule has 0 spiro atoms. The number of esters is 1. The molecule has 0 aliphatic rings. The third-order valence-electron chi connectivity index (χ3n) is 2.59. The number of fused-ring (bicyclic) bond motifs is 1. The SMILES string of the molecule is O=C(OC(C(F)(F)F)C(F)(F)S(=O)(=O)O)c1ncnc2nc[nH]c12. The van der Waals surface area contributed by atoms with Gasteiger partial charge in [0.05, 0.1) is 6.33 Å². The highest BCUT2D eigenvalue weighted by molar-refractivity contribution is 7.86. The normalized spacial score (nSPS) is 14.6. The number of imidazole rings is 1. The first kappa shape index (κ1) is 17.9. The van der Waals surface area contributed by atoms with Crippen LogP contribution < -0.4 is 0 Å². The molecule has 0 radical (unpaired) electrons.